The molecule has 0 saturated carbocycles. The van der Waals surface area contributed by atoms with Gasteiger partial charge in [0.15, 0.2) is 10.5 Å². The molecule has 5 heteroatoms. The van der Waals surface area contributed by atoms with Crippen LogP contribution >= 0.6 is 12.2 Å². The summed E-state index contributed by atoms with van der Waals surface area (Å²) in [6, 6.07) is 9.46. The van der Waals surface area contributed by atoms with Crippen LogP contribution in [-0.4, -0.2) is 23.0 Å². The fourth-order valence-corrected chi connectivity index (χ4v) is 1.66. The van der Waals surface area contributed by atoms with Crippen molar-refractivity contribution in [3.63, 3.8) is 0 Å². The zero-order chi connectivity index (χ0) is 11.5. The van der Waals surface area contributed by atoms with E-state index in [9.17, 15) is 4.79 Å². The largest absolute Gasteiger partial charge is 0.464 e. The summed E-state index contributed by atoms with van der Waals surface area (Å²) in [6.45, 7) is 0. The lowest BCUT2D eigenvalue weighted by molar-refractivity contribution is 0.0595. The van der Waals surface area contributed by atoms with Gasteiger partial charge in [-0.05, 0) is 12.2 Å². The van der Waals surface area contributed by atoms with E-state index >= 15 is 0 Å². The molecule has 1 aromatic carbocycles. The molecule has 0 amide bonds. The zero-order valence-corrected chi connectivity index (χ0v) is 9.43. The molecule has 0 fully saturated rings. The Bertz CT molecular complexity index is 557. The van der Waals surface area contributed by atoms with E-state index in [1.54, 1.807) is 0 Å². The van der Waals surface area contributed by atoms with Crippen LogP contribution in [0.25, 0.3) is 11.3 Å². The van der Waals surface area contributed by atoms with E-state index in [0.717, 1.165) is 5.56 Å². The van der Waals surface area contributed by atoms with E-state index in [0.29, 0.717) is 16.2 Å². The number of carbonyl (C=O) groups excluding carboxylic acids is 1. The molecule has 0 aliphatic rings. The van der Waals surface area contributed by atoms with Crippen molar-refractivity contribution < 1.29 is 9.53 Å². The second kappa shape index (κ2) is 4.32. The Morgan fingerprint density at radius 2 is 1.94 bits per heavy atom. The fraction of sp³-hybridized carbons (Fsp3) is 0.0909. The minimum atomic E-state index is -0.439. The summed E-state index contributed by atoms with van der Waals surface area (Å²) < 4.78 is 5.08. The molecule has 82 valence electrons. The number of nitrogens with one attached hydrogen (secondary N) is 2. The number of aromatic nitrogens is 2. The maximum atomic E-state index is 11.5. The Balaban J connectivity index is 2.57. The van der Waals surface area contributed by atoms with Gasteiger partial charge in [0, 0.05) is 5.56 Å². The molecule has 0 aliphatic heterocycles. The molecule has 2 aromatic rings. The summed E-state index contributed by atoms with van der Waals surface area (Å²) in [5.74, 6) is -0.439. The Morgan fingerprint density at radius 1 is 1.25 bits per heavy atom. The van der Waals surface area contributed by atoms with E-state index in [-0.39, 0.29) is 0 Å². The summed E-state index contributed by atoms with van der Waals surface area (Å²) in [5.41, 5.74) is 1.88. The number of imidazole rings is 1. The van der Waals surface area contributed by atoms with Gasteiger partial charge in [-0.2, -0.15) is 0 Å². The van der Waals surface area contributed by atoms with Crippen molar-refractivity contribution in [1.82, 2.24) is 9.97 Å². The van der Waals surface area contributed by atoms with Crippen molar-refractivity contribution in [1.29, 1.82) is 0 Å². The van der Waals surface area contributed by atoms with Gasteiger partial charge in [0.25, 0.3) is 0 Å². The highest BCUT2D eigenvalue weighted by molar-refractivity contribution is 7.71. The molecular weight excluding hydrogens is 224 g/mol. The van der Waals surface area contributed by atoms with Gasteiger partial charge in [-0.25, -0.2) is 4.79 Å². The molecule has 0 spiro atoms. The van der Waals surface area contributed by atoms with E-state index in [2.05, 4.69) is 14.7 Å². The van der Waals surface area contributed by atoms with Crippen molar-refractivity contribution in [2.24, 2.45) is 0 Å². The molecule has 2 N–H and O–H groups in total. The first-order valence-electron chi connectivity index (χ1n) is 4.68. The number of carbonyl (C=O) groups is 1. The van der Waals surface area contributed by atoms with Crippen LogP contribution in [0.1, 0.15) is 10.5 Å². The molecule has 2 rings (SSSR count). The van der Waals surface area contributed by atoms with Crippen molar-refractivity contribution in [2.45, 2.75) is 0 Å². The second-order valence-corrected chi connectivity index (χ2v) is 3.59. The number of hydrogen-bond acceptors (Lipinski definition) is 3. The third kappa shape index (κ3) is 1.90. The van der Waals surface area contributed by atoms with Gasteiger partial charge >= 0.3 is 5.97 Å². The number of aromatic amines is 2. The Hall–Kier alpha value is -1.88. The van der Waals surface area contributed by atoms with Crippen LogP contribution in [0.2, 0.25) is 0 Å². The summed E-state index contributed by atoms with van der Waals surface area (Å²) in [7, 11) is 1.33. The number of esters is 1. The van der Waals surface area contributed by atoms with E-state index in [1.807, 2.05) is 30.3 Å². The summed E-state index contributed by atoms with van der Waals surface area (Å²) in [4.78, 5) is 17.2. The highest BCUT2D eigenvalue weighted by Gasteiger charge is 2.15. The lowest BCUT2D eigenvalue weighted by Gasteiger charge is -2.01. The maximum absolute atomic E-state index is 11.5. The lowest BCUT2D eigenvalue weighted by atomic mass is 10.1. The molecule has 1 aromatic heterocycles. The highest BCUT2D eigenvalue weighted by Crippen LogP contribution is 2.20. The molecule has 0 aliphatic carbocycles. The second-order valence-electron chi connectivity index (χ2n) is 3.19. The summed E-state index contributed by atoms with van der Waals surface area (Å²) in [6.07, 6.45) is 0. The standard InChI is InChI=1S/C11H10N2O2S/c1-15-10(14)9-8(12-11(16)13-9)7-5-3-2-4-6-7/h2-6H,1H3,(H2,12,13,16). The Labute approximate surface area is 97.3 Å². The number of methoxy groups -OCH3 is 1. The number of H-pyrrole nitrogens is 2. The molecular formula is C11H10N2O2S. The van der Waals surface area contributed by atoms with Crippen molar-refractivity contribution in [3.8, 4) is 11.3 Å². The van der Waals surface area contributed by atoms with Crippen molar-refractivity contribution >= 4 is 18.2 Å². The molecule has 16 heavy (non-hydrogen) atoms. The first kappa shape index (κ1) is 10.6. The topological polar surface area (TPSA) is 57.9 Å². The van der Waals surface area contributed by atoms with E-state index in [1.165, 1.54) is 7.11 Å². The minimum Gasteiger partial charge on any atom is -0.464 e. The molecule has 0 bridgehead atoms. The van der Waals surface area contributed by atoms with Crippen LogP contribution in [0.15, 0.2) is 30.3 Å². The molecule has 0 atom stereocenters. The van der Waals surface area contributed by atoms with Crippen LogP contribution in [0.5, 0.6) is 0 Å². The molecule has 1 heterocycles. The van der Waals surface area contributed by atoms with Crippen LogP contribution in [0.4, 0.5) is 0 Å². The SMILES string of the molecule is COC(=O)c1[nH]c(=S)[nH]c1-c1ccccc1. The van der Waals surface area contributed by atoms with Gasteiger partial charge in [0.05, 0.1) is 12.8 Å². The van der Waals surface area contributed by atoms with Gasteiger partial charge in [0.1, 0.15) is 0 Å². The zero-order valence-electron chi connectivity index (χ0n) is 8.61. The van der Waals surface area contributed by atoms with Gasteiger partial charge in [-0.1, -0.05) is 30.3 Å². The average Bonchev–Trinajstić information content (AvgIpc) is 2.71. The molecule has 0 unspecified atom stereocenters. The smallest absolute Gasteiger partial charge is 0.356 e. The van der Waals surface area contributed by atoms with Gasteiger partial charge in [0.2, 0.25) is 0 Å². The maximum Gasteiger partial charge on any atom is 0.356 e. The highest BCUT2D eigenvalue weighted by atomic mass is 32.1. The number of rotatable bonds is 2. The number of benzene rings is 1. The van der Waals surface area contributed by atoms with Gasteiger partial charge < -0.3 is 14.7 Å². The summed E-state index contributed by atoms with van der Waals surface area (Å²) in [5, 5.41) is 0. The summed E-state index contributed by atoms with van der Waals surface area (Å²) >= 11 is 4.97. The quantitative estimate of drug-likeness (QED) is 0.620. The fourth-order valence-electron chi connectivity index (χ4n) is 1.46. The molecule has 0 saturated heterocycles. The Kier molecular flexibility index (Phi) is 2.87. The van der Waals surface area contributed by atoms with Crippen molar-refractivity contribution in [3.05, 3.63) is 40.8 Å². The van der Waals surface area contributed by atoms with Gasteiger partial charge in [-0.15, -0.1) is 0 Å². The first-order chi connectivity index (χ1) is 7.72. The average molecular weight is 234 g/mol. The van der Waals surface area contributed by atoms with E-state index < -0.39 is 5.97 Å². The predicted octanol–water partition coefficient (Wildman–Crippen LogP) is 2.53. The van der Waals surface area contributed by atoms with Crippen LogP contribution < -0.4 is 0 Å². The molecule has 0 radical (unpaired) electrons. The third-order valence-corrected chi connectivity index (χ3v) is 2.38. The minimum absolute atomic E-state index is 0.346. The lowest BCUT2D eigenvalue weighted by Crippen LogP contribution is -2.03. The first-order valence-corrected chi connectivity index (χ1v) is 5.09. The normalized spacial score (nSPS) is 10.1. The number of hydrogen-bond donors (Lipinski definition) is 2. The van der Waals surface area contributed by atoms with Crippen molar-refractivity contribution in [2.75, 3.05) is 7.11 Å². The predicted molar refractivity (Wildman–Crippen MR) is 62.8 cm³/mol. The number of ether oxygens (including phenoxy) is 1. The van der Waals surface area contributed by atoms with Gasteiger partial charge in [-0.3, -0.25) is 0 Å². The van der Waals surface area contributed by atoms with Crippen LogP contribution in [0, 0.1) is 4.77 Å². The molecule has 4 nitrogen and oxygen atoms in total. The van der Waals surface area contributed by atoms with Crippen LogP contribution in [-0.2, 0) is 4.74 Å². The Morgan fingerprint density at radius 3 is 2.56 bits per heavy atom. The van der Waals surface area contributed by atoms with Crippen LogP contribution in [0.3, 0.4) is 0 Å². The van der Waals surface area contributed by atoms with E-state index in [4.69, 9.17) is 12.2 Å². The third-order valence-electron chi connectivity index (χ3n) is 2.18. The monoisotopic (exact) mass is 234 g/mol.